The first-order valence-electron chi connectivity index (χ1n) is 5.09. The molecule has 1 aromatic heterocycles. The van der Waals surface area contributed by atoms with Crippen molar-refractivity contribution in [1.29, 1.82) is 0 Å². The molecule has 17 heavy (non-hydrogen) atoms. The summed E-state index contributed by atoms with van der Waals surface area (Å²) in [5.74, 6) is -0.322. The molecular weight excluding hydrogens is 242 g/mol. The summed E-state index contributed by atoms with van der Waals surface area (Å²) in [4.78, 5) is 17.2. The average Bonchev–Trinajstić information content (AvgIpc) is 2.18. The number of halogens is 1. The fourth-order valence-corrected chi connectivity index (χ4v) is 1.66. The van der Waals surface area contributed by atoms with Gasteiger partial charge in [-0.05, 0) is 19.9 Å². The Morgan fingerprint density at radius 3 is 2.76 bits per heavy atom. The second kappa shape index (κ2) is 4.89. The Morgan fingerprint density at radius 1 is 1.65 bits per heavy atom. The zero-order valence-electron chi connectivity index (χ0n) is 10.1. The molecule has 1 heterocycles. The van der Waals surface area contributed by atoms with Gasteiger partial charge in [0.2, 0.25) is 0 Å². The molecule has 0 bridgehead atoms. The average molecular weight is 258 g/mol. The smallest absolute Gasteiger partial charge is 0.256 e. The predicted octanol–water partition coefficient (Wildman–Crippen LogP) is 1.16. The fraction of sp³-hybridized carbons (Fsp3) is 0.455. The molecule has 0 fully saturated rings. The summed E-state index contributed by atoms with van der Waals surface area (Å²) < 4.78 is 0. The van der Waals surface area contributed by atoms with E-state index in [1.54, 1.807) is 20.9 Å². The van der Waals surface area contributed by atoms with Crippen molar-refractivity contribution in [2.75, 3.05) is 19.3 Å². The minimum absolute atomic E-state index is 0.104. The maximum Gasteiger partial charge on any atom is 0.256 e. The number of carbonyl (C=O) groups excluding carboxylic acids is 1. The van der Waals surface area contributed by atoms with E-state index in [9.17, 15) is 9.90 Å². The molecule has 0 aliphatic carbocycles. The topological polar surface area (TPSA) is 79.5 Å². The van der Waals surface area contributed by atoms with E-state index in [2.05, 4.69) is 4.98 Å². The molecule has 0 aromatic carbocycles. The number of anilines is 1. The van der Waals surface area contributed by atoms with E-state index in [0.29, 0.717) is 5.69 Å². The van der Waals surface area contributed by atoms with Crippen LogP contribution < -0.4 is 5.73 Å². The predicted molar refractivity (Wildman–Crippen MR) is 66.9 cm³/mol. The van der Waals surface area contributed by atoms with Crippen LogP contribution in [0, 0.1) is 0 Å². The highest BCUT2D eigenvalue weighted by molar-refractivity contribution is 6.32. The van der Waals surface area contributed by atoms with Crippen molar-refractivity contribution in [3.63, 3.8) is 0 Å². The molecule has 1 aromatic rings. The van der Waals surface area contributed by atoms with Crippen LogP contribution in [-0.2, 0) is 0 Å². The summed E-state index contributed by atoms with van der Waals surface area (Å²) in [6, 6.07) is 1.47. The van der Waals surface area contributed by atoms with E-state index < -0.39 is 5.60 Å². The Bertz CT molecular complexity index is 429. The van der Waals surface area contributed by atoms with Crippen LogP contribution in [0.2, 0.25) is 5.15 Å². The number of nitrogens with zero attached hydrogens (tertiary/aromatic N) is 2. The first-order chi connectivity index (χ1) is 7.70. The molecule has 0 spiro atoms. The molecule has 0 saturated carbocycles. The van der Waals surface area contributed by atoms with Gasteiger partial charge in [-0.3, -0.25) is 4.79 Å². The van der Waals surface area contributed by atoms with Gasteiger partial charge in [-0.25, -0.2) is 4.98 Å². The van der Waals surface area contributed by atoms with Crippen molar-refractivity contribution >= 4 is 23.2 Å². The number of hydrogen-bond acceptors (Lipinski definition) is 4. The number of hydrogen-bond donors (Lipinski definition) is 2. The molecule has 6 heteroatoms. The SMILES string of the molecule is CN(CC(C)(C)O)C(=O)c1cc(N)cnc1Cl. The Hall–Kier alpha value is -1.33. The van der Waals surface area contributed by atoms with Crippen LogP contribution in [0.15, 0.2) is 12.3 Å². The number of pyridine rings is 1. The highest BCUT2D eigenvalue weighted by Crippen LogP contribution is 2.18. The molecule has 3 N–H and O–H groups in total. The van der Waals surface area contributed by atoms with Crippen molar-refractivity contribution in [3.05, 3.63) is 23.0 Å². The van der Waals surface area contributed by atoms with Gasteiger partial charge in [0.1, 0.15) is 5.15 Å². The molecule has 0 atom stereocenters. The molecule has 0 aliphatic rings. The van der Waals surface area contributed by atoms with Crippen LogP contribution >= 0.6 is 11.6 Å². The van der Waals surface area contributed by atoms with Crippen LogP contribution in [0.4, 0.5) is 5.69 Å². The van der Waals surface area contributed by atoms with E-state index in [1.165, 1.54) is 17.2 Å². The quantitative estimate of drug-likeness (QED) is 0.797. The van der Waals surface area contributed by atoms with Crippen LogP contribution in [-0.4, -0.2) is 40.1 Å². The van der Waals surface area contributed by atoms with Crippen molar-refractivity contribution in [1.82, 2.24) is 9.88 Å². The lowest BCUT2D eigenvalue weighted by Crippen LogP contribution is -2.39. The maximum atomic E-state index is 12.0. The lowest BCUT2D eigenvalue weighted by molar-refractivity contribution is 0.0368. The Kier molecular flexibility index (Phi) is 3.95. The van der Waals surface area contributed by atoms with E-state index >= 15 is 0 Å². The molecule has 0 saturated heterocycles. The van der Waals surface area contributed by atoms with E-state index in [1.807, 2.05) is 0 Å². The molecule has 5 nitrogen and oxygen atoms in total. The minimum atomic E-state index is -0.968. The van der Waals surface area contributed by atoms with Gasteiger partial charge in [-0.15, -0.1) is 0 Å². The number of rotatable bonds is 3. The lowest BCUT2D eigenvalue weighted by atomic mass is 10.1. The number of nitrogens with two attached hydrogens (primary N) is 1. The van der Waals surface area contributed by atoms with Gasteiger partial charge in [0.05, 0.1) is 23.0 Å². The molecule has 94 valence electrons. The zero-order chi connectivity index (χ0) is 13.2. The Balaban J connectivity index is 2.93. The van der Waals surface area contributed by atoms with Gasteiger partial charge in [0.15, 0.2) is 0 Å². The van der Waals surface area contributed by atoms with Crippen molar-refractivity contribution in [2.45, 2.75) is 19.4 Å². The molecule has 1 rings (SSSR count). The number of amides is 1. The third-order valence-electron chi connectivity index (χ3n) is 2.06. The van der Waals surface area contributed by atoms with Crippen LogP contribution in [0.1, 0.15) is 24.2 Å². The highest BCUT2D eigenvalue weighted by atomic mass is 35.5. The summed E-state index contributed by atoms with van der Waals surface area (Å²) in [6.45, 7) is 3.43. The van der Waals surface area contributed by atoms with E-state index in [0.717, 1.165) is 0 Å². The minimum Gasteiger partial charge on any atom is -0.397 e. The van der Waals surface area contributed by atoms with Crippen molar-refractivity contribution in [2.24, 2.45) is 0 Å². The largest absolute Gasteiger partial charge is 0.397 e. The van der Waals surface area contributed by atoms with Gasteiger partial charge >= 0.3 is 0 Å². The first-order valence-corrected chi connectivity index (χ1v) is 5.47. The van der Waals surface area contributed by atoms with Crippen LogP contribution in [0.25, 0.3) is 0 Å². The lowest BCUT2D eigenvalue weighted by Gasteiger charge is -2.25. The first kappa shape index (κ1) is 13.7. The second-order valence-electron chi connectivity index (χ2n) is 4.58. The van der Waals surface area contributed by atoms with Gasteiger partial charge in [-0.2, -0.15) is 0 Å². The Labute approximate surface area is 105 Å². The number of nitrogen functional groups attached to an aromatic ring is 1. The standard InChI is InChI=1S/C11H16ClN3O2/c1-11(2,17)6-15(3)10(16)8-4-7(13)5-14-9(8)12/h4-5,17H,6,13H2,1-3H3. The zero-order valence-corrected chi connectivity index (χ0v) is 10.8. The van der Waals surface area contributed by atoms with Crippen LogP contribution in [0.3, 0.4) is 0 Å². The number of aliphatic hydroxyl groups is 1. The Morgan fingerprint density at radius 2 is 2.24 bits per heavy atom. The summed E-state index contributed by atoms with van der Waals surface area (Å²) in [6.07, 6.45) is 1.38. The summed E-state index contributed by atoms with van der Waals surface area (Å²) in [5.41, 5.74) is 5.19. The third-order valence-corrected chi connectivity index (χ3v) is 2.36. The number of likely N-dealkylation sites (N-methyl/N-ethyl adjacent to an activating group) is 1. The number of carbonyl (C=O) groups is 1. The summed E-state index contributed by atoms with van der Waals surface area (Å²) >= 11 is 5.83. The normalized spacial score (nSPS) is 11.4. The fourth-order valence-electron chi connectivity index (χ4n) is 1.47. The van der Waals surface area contributed by atoms with Gasteiger partial charge < -0.3 is 15.7 Å². The van der Waals surface area contributed by atoms with E-state index in [4.69, 9.17) is 17.3 Å². The monoisotopic (exact) mass is 257 g/mol. The van der Waals surface area contributed by atoms with Crippen molar-refractivity contribution in [3.8, 4) is 0 Å². The molecule has 0 aliphatic heterocycles. The summed E-state index contributed by atoms with van der Waals surface area (Å²) in [7, 11) is 1.58. The number of aromatic nitrogens is 1. The van der Waals surface area contributed by atoms with Gasteiger partial charge in [-0.1, -0.05) is 11.6 Å². The van der Waals surface area contributed by atoms with Gasteiger partial charge in [0.25, 0.3) is 5.91 Å². The van der Waals surface area contributed by atoms with Gasteiger partial charge in [0, 0.05) is 13.6 Å². The third kappa shape index (κ3) is 3.87. The van der Waals surface area contributed by atoms with E-state index in [-0.39, 0.29) is 23.2 Å². The molecule has 0 unspecified atom stereocenters. The second-order valence-corrected chi connectivity index (χ2v) is 4.94. The maximum absolute atomic E-state index is 12.0. The van der Waals surface area contributed by atoms with Crippen LogP contribution in [0.5, 0.6) is 0 Å². The molecule has 1 amide bonds. The molecular formula is C11H16ClN3O2. The van der Waals surface area contributed by atoms with Crippen molar-refractivity contribution < 1.29 is 9.90 Å². The summed E-state index contributed by atoms with van der Waals surface area (Å²) in [5, 5.41) is 9.74. The molecule has 0 radical (unpaired) electrons. The highest BCUT2D eigenvalue weighted by Gasteiger charge is 2.22.